The third kappa shape index (κ3) is 3.39. The highest BCUT2D eigenvalue weighted by molar-refractivity contribution is 9.11. The number of hydrogen-bond acceptors (Lipinski definition) is 5. The summed E-state index contributed by atoms with van der Waals surface area (Å²) in [7, 11) is 1.32. The van der Waals surface area contributed by atoms with E-state index in [0.717, 1.165) is 23.7 Å². The lowest BCUT2D eigenvalue weighted by Crippen LogP contribution is -2.12. The van der Waals surface area contributed by atoms with Crippen LogP contribution in [0.3, 0.4) is 0 Å². The van der Waals surface area contributed by atoms with Crippen LogP contribution < -0.4 is 5.48 Å². The van der Waals surface area contributed by atoms with Gasteiger partial charge in [0, 0.05) is 10.1 Å². The molecule has 0 fully saturated rings. The number of nitrogens with one attached hydrogen (secondary N) is 1. The predicted molar refractivity (Wildman–Crippen MR) is 77.3 cm³/mol. The number of hydrogen-bond donors (Lipinski definition) is 1. The quantitative estimate of drug-likeness (QED) is 0.674. The van der Waals surface area contributed by atoms with E-state index in [4.69, 9.17) is 4.84 Å². The van der Waals surface area contributed by atoms with Crippen LogP contribution in [0.2, 0.25) is 0 Å². The predicted octanol–water partition coefficient (Wildman–Crippen LogP) is 3.18. The van der Waals surface area contributed by atoms with Crippen molar-refractivity contribution >= 4 is 33.6 Å². The summed E-state index contributed by atoms with van der Waals surface area (Å²) >= 11 is 3.36. The second-order valence-corrected chi connectivity index (χ2v) is 5.25. The summed E-state index contributed by atoms with van der Waals surface area (Å²) in [5.74, 6) is -0.792. The zero-order valence-electron chi connectivity index (χ0n) is 10.9. The molecular weight excluding hydrogens is 326 g/mol. The number of ether oxygens (including phenoxy) is 1. The fourth-order valence-electron chi connectivity index (χ4n) is 1.88. The number of rotatable bonds is 4. The van der Waals surface area contributed by atoms with Crippen LogP contribution >= 0.6 is 15.9 Å². The van der Waals surface area contributed by atoms with Gasteiger partial charge in [-0.05, 0) is 43.5 Å². The Kier molecular flexibility index (Phi) is 4.79. The highest BCUT2D eigenvalue weighted by Gasteiger charge is 2.20. The number of carbonyl (C=O) groups excluding carboxylic acids is 2. The monoisotopic (exact) mass is 339 g/mol. The van der Waals surface area contributed by atoms with Crippen LogP contribution in [0.5, 0.6) is 0 Å². The van der Waals surface area contributed by atoms with Crippen molar-refractivity contribution in [2.45, 2.75) is 19.3 Å². The van der Waals surface area contributed by atoms with Gasteiger partial charge in [0.15, 0.2) is 0 Å². The molecule has 5 nitrogen and oxygen atoms in total. The van der Waals surface area contributed by atoms with E-state index < -0.39 is 5.97 Å². The van der Waals surface area contributed by atoms with Crippen LogP contribution in [0.1, 0.15) is 29.6 Å². The minimum absolute atomic E-state index is 0.383. The Bertz CT molecular complexity index is 551. The van der Waals surface area contributed by atoms with Crippen LogP contribution in [0, 0.1) is 0 Å². The first-order chi connectivity index (χ1) is 9.61. The molecule has 106 valence electrons. The van der Waals surface area contributed by atoms with Gasteiger partial charge in [-0.15, -0.1) is 0 Å². The van der Waals surface area contributed by atoms with E-state index >= 15 is 0 Å². The summed E-state index contributed by atoms with van der Waals surface area (Å²) in [5, 5.41) is 0. The number of anilines is 1. The summed E-state index contributed by atoms with van der Waals surface area (Å²) < 4.78 is 5.51. The van der Waals surface area contributed by atoms with Crippen molar-refractivity contribution in [2.75, 3.05) is 12.6 Å². The first kappa shape index (κ1) is 14.6. The highest BCUT2D eigenvalue weighted by Crippen LogP contribution is 2.31. The van der Waals surface area contributed by atoms with Gasteiger partial charge in [0.25, 0.3) is 0 Å². The molecule has 0 spiro atoms. The third-order valence-corrected chi connectivity index (χ3v) is 3.84. The molecule has 0 saturated carbocycles. The smallest absolute Gasteiger partial charge is 0.359 e. The topological polar surface area (TPSA) is 64.6 Å². The van der Waals surface area contributed by atoms with Crippen molar-refractivity contribution in [2.24, 2.45) is 0 Å². The van der Waals surface area contributed by atoms with Crippen molar-refractivity contribution < 1.29 is 19.2 Å². The fraction of sp³-hybridized carbons (Fsp3) is 0.286. The zero-order valence-corrected chi connectivity index (χ0v) is 12.5. The number of methoxy groups -OCH3 is 1. The lowest BCUT2D eigenvalue weighted by Gasteiger charge is -2.08. The van der Waals surface area contributed by atoms with Crippen LogP contribution in [0.15, 0.2) is 34.3 Å². The molecule has 0 amide bonds. The standard InChI is InChI=1S/C14H14BrNO4/c1-19-13(17)9-5-7-10(8-6-9)16-20-14(18)11-3-2-4-12(11)15/h5-8,16H,2-4H2,1H3. The van der Waals surface area contributed by atoms with E-state index in [0.29, 0.717) is 16.8 Å². The number of carbonyl (C=O) groups is 2. The molecule has 0 bridgehead atoms. The molecule has 1 aliphatic carbocycles. The summed E-state index contributed by atoms with van der Waals surface area (Å²) in [4.78, 5) is 28.1. The Hall–Kier alpha value is -1.82. The van der Waals surface area contributed by atoms with Crippen molar-refractivity contribution in [3.63, 3.8) is 0 Å². The van der Waals surface area contributed by atoms with E-state index in [9.17, 15) is 9.59 Å². The highest BCUT2D eigenvalue weighted by atomic mass is 79.9. The maximum atomic E-state index is 11.8. The Morgan fingerprint density at radius 3 is 2.40 bits per heavy atom. The van der Waals surface area contributed by atoms with E-state index in [1.165, 1.54) is 7.11 Å². The Morgan fingerprint density at radius 1 is 1.15 bits per heavy atom. The van der Waals surface area contributed by atoms with Gasteiger partial charge < -0.3 is 9.57 Å². The summed E-state index contributed by atoms with van der Waals surface area (Å²) in [5.41, 5.74) is 4.26. The number of benzene rings is 1. The lowest BCUT2D eigenvalue weighted by atomic mass is 10.2. The van der Waals surface area contributed by atoms with Gasteiger partial charge in [-0.3, -0.25) is 0 Å². The normalized spacial score (nSPS) is 14.1. The second-order valence-electron chi connectivity index (χ2n) is 4.30. The molecule has 2 rings (SSSR count). The molecule has 0 aromatic heterocycles. The van der Waals surface area contributed by atoms with Crippen LogP contribution in [-0.2, 0) is 14.4 Å². The minimum atomic E-state index is -0.409. The van der Waals surface area contributed by atoms with E-state index in [1.807, 2.05) is 0 Å². The van der Waals surface area contributed by atoms with E-state index in [-0.39, 0.29) is 5.97 Å². The van der Waals surface area contributed by atoms with Gasteiger partial charge in [-0.25, -0.2) is 15.1 Å². The summed E-state index contributed by atoms with van der Waals surface area (Å²) in [6.45, 7) is 0. The Balaban J connectivity index is 1.93. The molecule has 20 heavy (non-hydrogen) atoms. The molecule has 0 heterocycles. The zero-order chi connectivity index (χ0) is 14.5. The van der Waals surface area contributed by atoms with Crippen LogP contribution in [0.4, 0.5) is 5.69 Å². The largest absolute Gasteiger partial charge is 0.465 e. The lowest BCUT2D eigenvalue weighted by molar-refractivity contribution is -0.136. The van der Waals surface area contributed by atoms with Gasteiger partial charge >= 0.3 is 11.9 Å². The maximum absolute atomic E-state index is 11.8. The number of halogens is 1. The SMILES string of the molecule is COC(=O)c1ccc(NOC(=O)C2=C(Br)CCC2)cc1. The van der Waals surface area contributed by atoms with E-state index in [1.54, 1.807) is 24.3 Å². The first-order valence-electron chi connectivity index (χ1n) is 6.15. The average molecular weight is 340 g/mol. The molecular formula is C14H14BrNO4. The molecule has 6 heteroatoms. The number of allylic oxidation sites excluding steroid dienone is 1. The van der Waals surface area contributed by atoms with Crippen molar-refractivity contribution in [3.05, 3.63) is 39.9 Å². The van der Waals surface area contributed by atoms with Gasteiger partial charge in [-0.1, -0.05) is 15.9 Å². The van der Waals surface area contributed by atoms with Gasteiger partial charge in [0.1, 0.15) is 0 Å². The molecule has 1 aromatic rings. The summed E-state index contributed by atoms with van der Waals surface area (Å²) in [6.07, 6.45) is 2.56. The molecule has 1 N–H and O–H groups in total. The summed E-state index contributed by atoms with van der Waals surface area (Å²) in [6, 6.07) is 6.45. The third-order valence-electron chi connectivity index (χ3n) is 2.96. The van der Waals surface area contributed by atoms with E-state index in [2.05, 4.69) is 26.1 Å². The molecule has 0 atom stereocenters. The van der Waals surface area contributed by atoms with Crippen LogP contribution in [-0.4, -0.2) is 19.0 Å². The first-order valence-corrected chi connectivity index (χ1v) is 6.94. The van der Waals surface area contributed by atoms with Gasteiger partial charge in [0.05, 0.1) is 18.4 Å². The fourth-order valence-corrected chi connectivity index (χ4v) is 2.52. The minimum Gasteiger partial charge on any atom is -0.465 e. The van der Waals surface area contributed by atoms with Crippen LogP contribution in [0.25, 0.3) is 0 Å². The van der Waals surface area contributed by atoms with Crippen molar-refractivity contribution in [1.29, 1.82) is 0 Å². The molecule has 0 unspecified atom stereocenters. The Morgan fingerprint density at radius 2 is 1.85 bits per heavy atom. The molecule has 0 radical (unpaired) electrons. The maximum Gasteiger partial charge on any atom is 0.359 e. The molecule has 1 aliphatic rings. The average Bonchev–Trinajstić information content (AvgIpc) is 2.90. The Labute approximate surface area is 125 Å². The van der Waals surface area contributed by atoms with Crippen molar-refractivity contribution in [1.82, 2.24) is 0 Å². The molecule has 0 saturated heterocycles. The number of esters is 1. The van der Waals surface area contributed by atoms with Crippen molar-refractivity contribution in [3.8, 4) is 0 Å². The van der Waals surface area contributed by atoms with Gasteiger partial charge in [-0.2, -0.15) is 0 Å². The molecule has 0 aliphatic heterocycles. The molecule has 1 aromatic carbocycles. The van der Waals surface area contributed by atoms with Gasteiger partial charge in [0.2, 0.25) is 0 Å². The second kappa shape index (κ2) is 6.56.